The first-order valence-corrected chi connectivity index (χ1v) is 9.97. The van der Waals surface area contributed by atoms with Crippen molar-refractivity contribution in [3.05, 3.63) is 11.8 Å². The van der Waals surface area contributed by atoms with Gasteiger partial charge in [-0.15, -0.1) is 0 Å². The van der Waals surface area contributed by atoms with Crippen molar-refractivity contribution in [3.8, 4) is 0 Å². The van der Waals surface area contributed by atoms with Crippen LogP contribution in [0, 0.1) is 12.8 Å². The third kappa shape index (κ3) is 6.04. The Bertz CT molecular complexity index is 639. The third-order valence-electron chi connectivity index (χ3n) is 5.55. The Hall–Kier alpha value is -1.93. The van der Waals surface area contributed by atoms with Crippen LogP contribution < -0.4 is 10.6 Å². The van der Waals surface area contributed by atoms with Crippen molar-refractivity contribution in [1.82, 2.24) is 20.3 Å². The minimum absolute atomic E-state index is 0.0965. The molecule has 2 atom stereocenters. The van der Waals surface area contributed by atoms with E-state index in [0.29, 0.717) is 36.6 Å². The molecule has 0 radical (unpaired) electrons. The molecule has 2 N–H and O–H groups in total. The van der Waals surface area contributed by atoms with E-state index in [9.17, 15) is 9.59 Å². The van der Waals surface area contributed by atoms with Crippen molar-refractivity contribution >= 4 is 17.6 Å². The zero-order chi connectivity index (χ0) is 19.2. The summed E-state index contributed by atoms with van der Waals surface area (Å²) in [6, 6.07) is 2.03. The van der Waals surface area contributed by atoms with Crippen molar-refractivity contribution in [2.75, 3.05) is 44.6 Å². The van der Waals surface area contributed by atoms with Gasteiger partial charge in [0, 0.05) is 38.3 Å². The van der Waals surface area contributed by atoms with Crippen molar-refractivity contribution in [3.63, 3.8) is 0 Å². The number of hydrogen-bond donors (Lipinski definition) is 2. The molecule has 2 amide bonds. The summed E-state index contributed by atoms with van der Waals surface area (Å²) in [6.07, 6.45) is 4.80. The van der Waals surface area contributed by atoms with Crippen LogP contribution in [0.1, 0.15) is 38.4 Å². The van der Waals surface area contributed by atoms with E-state index >= 15 is 0 Å². The molecule has 1 saturated carbocycles. The van der Waals surface area contributed by atoms with Gasteiger partial charge in [-0.05, 0) is 25.7 Å². The van der Waals surface area contributed by atoms with E-state index in [4.69, 9.17) is 4.52 Å². The number of anilines is 1. The van der Waals surface area contributed by atoms with E-state index in [1.54, 1.807) is 13.0 Å². The first kappa shape index (κ1) is 19.8. The lowest BCUT2D eigenvalue weighted by molar-refractivity contribution is -0.124. The molecule has 0 bridgehead atoms. The quantitative estimate of drug-likeness (QED) is 0.775. The summed E-state index contributed by atoms with van der Waals surface area (Å²) in [6.45, 7) is 7.93. The fourth-order valence-corrected chi connectivity index (χ4v) is 3.90. The Morgan fingerprint density at radius 1 is 1.11 bits per heavy atom. The van der Waals surface area contributed by atoms with Crippen LogP contribution >= 0.6 is 0 Å². The third-order valence-corrected chi connectivity index (χ3v) is 5.55. The maximum absolute atomic E-state index is 12.3. The van der Waals surface area contributed by atoms with Crippen LogP contribution in [0.5, 0.6) is 0 Å². The molecule has 1 aromatic heterocycles. The molecule has 2 aliphatic rings. The van der Waals surface area contributed by atoms with Gasteiger partial charge in [-0.25, -0.2) is 0 Å². The molecule has 3 rings (SSSR count). The minimum atomic E-state index is -0.0965. The van der Waals surface area contributed by atoms with Crippen LogP contribution in [0.4, 0.5) is 5.82 Å². The van der Waals surface area contributed by atoms with Gasteiger partial charge in [-0.1, -0.05) is 24.9 Å². The van der Waals surface area contributed by atoms with Crippen molar-refractivity contribution in [2.45, 2.75) is 45.6 Å². The fraction of sp³-hybridized carbons (Fsp3) is 0.737. The number of hydrogen-bond acceptors (Lipinski definition) is 6. The SMILES string of the molecule is Cc1cc(NC(=O)CN2CCN(CC(=O)N[C@@H]3CCCC[C@H]3C)CC2)no1. The molecule has 8 heteroatoms. The Morgan fingerprint density at radius 2 is 1.74 bits per heavy atom. The molecule has 1 aromatic rings. The highest BCUT2D eigenvalue weighted by molar-refractivity contribution is 5.91. The fourth-order valence-electron chi connectivity index (χ4n) is 3.90. The average molecular weight is 377 g/mol. The largest absolute Gasteiger partial charge is 0.360 e. The molecule has 27 heavy (non-hydrogen) atoms. The van der Waals surface area contributed by atoms with Crippen LogP contribution in [0.25, 0.3) is 0 Å². The average Bonchev–Trinajstić information content (AvgIpc) is 3.03. The Balaban J connectivity index is 1.34. The number of piperazine rings is 1. The van der Waals surface area contributed by atoms with Crippen LogP contribution in [0.2, 0.25) is 0 Å². The highest BCUT2D eigenvalue weighted by atomic mass is 16.5. The Labute approximate surface area is 160 Å². The van der Waals surface area contributed by atoms with Gasteiger partial charge in [0.15, 0.2) is 5.82 Å². The maximum Gasteiger partial charge on any atom is 0.239 e. The molecule has 1 aliphatic heterocycles. The lowest BCUT2D eigenvalue weighted by atomic mass is 9.86. The molecular formula is C19H31N5O3. The molecule has 0 aromatic carbocycles. The molecule has 150 valence electrons. The standard InChI is InChI=1S/C19H31N5O3/c1-14-5-3-4-6-16(14)20-18(25)12-23-7-9-24(10-8-23)13-19(26)21-17-11-15(2)27-22-17/h11,14,16H,3-10,12-13H2,1-2H3,(H,20,25)(H,21,22,26)/t14-,16-/m1/s1. The van der Waals surface area contributed by atoms with Crippen molar-refractivity contribution < 1.29 is 14.1 Å². The van der Waals surface area contributed by atoms with Crippen LogP contribution in [0.3, 0.4) is 0 Å². The maximum atomic E-state index is 12.3. The van der Waals surface area contributed by atoms with Gasteiger partial charge in [-0.2, -0.15) is 0 Å². The van der Waals surface area contributed by atoms with E-state index in [2.05, 4.69) is 32.5 Å². The Kier molecular flexibility index (Phi) is 6.84. The van der Waals surface area contributed by atoms with Gasteiger partial charge in [-0.3, -0.25) is 19.4 Å². The predicted molar refractivity (Wildman–Crippen MR) is 102 cm³/mol. The van der Waals surface area contributed by atoms with Crippen LogP contribution in [-0.2, 0) is 9.59 Å². The van der Waals surface area contributed by atoms with E-state index < -0.39 is 0 Å². The summed E-state index contributed by atoms with van der Waals surface area (Å²) < 4.78 is 4.94. The number of nitrogens with one attached hydrogen (secondary N) is 2. The zero-order valence-corrected chi connectivity index (χ0v) is 16.4. The van der Waals surface area contributed by atoms with Gasteiger partial charge in [0.25, 0.3) is 0 Å². The second-order valence-corrected chi connectivity index (χ2v) is 7.86. The molecule has 8 nitrogen and oxygen atoms in total. The first-order valence-electron chi connectivity index (χ1n) is 9.97. The van der Waals surface area contributed by atoms with Gasteiger partial charge in [0.1, 0.15) is 5.76 Å². The minimum Gasteiger partial charge on any atom is -0.360 e. The van der Waals surface area contributed by atoms with Gasteiger partial charge in [0.2, 0.25) is 11.8 Å². The van der Waals surface area contributed by atoms with Crippen molar-refractivity contribution in [1.29, 1.82) is 0 Å². The predicted octanol–water partition coefficient (Wildman–Crippen LogP) is 1.23. The summed E-state index contributed by atoms with van der Waals surface area (Å²) in [5.41, 5.74) is 0. The normalized spacial score (nSPS) is 24.5. The second-order valence-electron chi connectivity index (χ2n) is 7.86. The van der Waals surface area contributed by atoms with Gasteiger partial charge in [0.05, 0.1) is 13.1 Å². The lowest BCUT2D eigenvalue weighted by Crippen LogP contribution is -2.52. The smallest absolute Gasteiger partial charge is 0.239 e. The molecule has 1 saturated heterocycles. The van der Waals surface area contributed by atoms with E-state index in [1.807, 2.05) is 0 Å². The molecule has 0 unspecified atom stereocenters. The molecule has 2 fully saturated rings. The number of aromatic nitrogens is 1. The van der Waals surface area contributed by atoms with Gasteiger partial charge >= 0.3 is 0 Å². The number of nitrogens with zero attached hydrogens (tertiary/aromatic N) is 3. The summed E-state index contributed by atoms with van der Waals surface area (Å²) in [4.78, 5) is 28.7. The van der Waals surface area contributed by atoms with Crippen LogP contribution in [0.15, 0.2) is 10.6 Å². The summed E-state index contributed by atoms with van der Waals surface area (Å²) in [5.74, 6) is 1.72. The van der Waals surface area contributed by atoms with Gasteiger partial charge < -0.3 is 15.2 Å². The number of amides is 2. The second kappa shape index (κ2) is 9.32. The molecular weight excluding hydrogens is 346 g/mol. The zero-order valence-electron chi connectivity index (χ0n) is 16.4. The van der Waals surface area contributed by atoms with E-state index in [1.165, 1.54) is 19.3 Å². The Morgan fingerprint density at radius 3 is 2.33 bits per heavy atom. The summed E-state index contributed by atoms with van der Waals surface area (Å²) in [7, 11) is 0. The highest BCUT2D eigenvalue weighted by Gasteiger charge is 2.25. The molecule has 2 heterocycles. The number of rotatable bonds is 6. The topological polar surface area (TPSA) is 90.7 Å². The van der Waals surface area contributed by atoms with Crippen molar-refractivity contribution in [2.24, 2.45) is 5.92 Å². The highest BCUT2D eigenvalue weighted by Crippen LogP contribution is 2.23. The number of carbonyl (C=O) groups is 2. The first-order chi connectivity index (χ1) is 13.0. The summed E-state index contributed by atoms with van der Waals surface area (Å²) >= 11 is 0. The lowest BCUT2D eigenvalue weighted by Gasteiger charge is -2.35. The monoisotopic (exact) mass is 377 g/mol. The van der Waals surface area contributed by atoms with Crippen LogP contribution in [-0.4, -0.2) is 72.1 Å². The molecule has 0 spiro atoms. The summed E-state index contributed by atoms with van der Waals surface area (Å²) in [5, 5.41) is 9.72. The van der Waals surface area contributed by atoms with E-state index in [0.717, 1.165) is 32.6 Å². The van der Waals surface area contributed by atoms with E-state index in [-0.39, 0.29) is 11.8 Å². The molecule has 1 aliphatic carbocycles. The number of aryl methyl sites for hydroxylation is 1. The number of carbonyl (C=O) groups excluding carboxylic acids is 2.